The van der Waals surface area contributed by atoms with E-state index in [1.54, 1.807) is 29.2 Å². The number of carbonyl (C=O) groups excluding carboxylic acids is 2. The van der Waals surface area contributed by atoms with Crippen LogP contribution in [0.4, 0.5) is 4.39 Å². The second kappa shape index (κ2) is 8.58. The number of amides is 2. The van der Waals surface area contributed by atoms with Crippen molar-refractivity contribution < 1.29 is 18.7 Å². The average molecular weight is 356 g/mol. The maximum absolute atomic E-state index is 12.9. The zero-order valence-electron chi connectivity index (χ0n) is 14.4. The molecule has 26 heavy (non-hydrogen) atoms. The van der Waals surface area contributed by atoms with Gasteiger partial charge in [-0.15, -0.1) is 0 Å². The van der Waals surface area contributed by atoms with Crippen molar-refractivity contribution in [2.75, 3.05) is 26.3 Å². The third-order valence-electron chi connectivity index (χ3n) is 4.27. The SMILES string of the molecule is O=C(Cc1ccc(F)cc1)NCc1ccc(C(=O)N2CCOCC2)cc1. The Hall–Kier alpha value is -2.73. The van der Waals surface area contributed by atoms with Gasteiger partial charge in [0.25, 0.3) is 5.91 Å². The molecular weight excluding hydrogens is 335 g/mol. The van der Waals surface area contributed by atoms with Gasteiger partial charge in [0.1, 0.15) is 5.82 Å². The van der Waals surface area contributed by atoms with E-state index in [1.807, 2.05) is 12.1 Å². The summed E-state index contributed by atoms with van der Waals surface area (Å²) in [5.74, 6) is -0.453. The first-order valence-electron chi connectivity index (χ1n) is 8.59. The van der Waals surface area contributed by atoms with E-state index in [2.05, 4.69) is 5.32 Å². The summed E-state index contributed by atoms with van der Waals surface area (Å²) in [5.41, 5.74) is 2.31. The Labute approximate surface area is 151 Å². The number of carbonyl (C=O) groups is 2. The maximum atomic E-state index is 12.9. The topological polar surface area (TPSA) is 58.6 Å². The molecule has 5 nitrogen and oxygen atoms in total. The van der Waals surface area contributed by atoms with Crippen molar-refractivity contribution in [3.63, 3.8) is 0 Å². The first kappa shape index (κ1) is 18.1. The van der Waals surface area contributed by atoms with Crippen molar-refractivity contribution in [2.24, 2.45) is 0 Å². The molecule has 6 heteroatoms. The summed E-state index contributed by atoms with van der Waals surface area (Å²) in [6.07, 6.45) is 0.202. The Kier molecular flexibility index (Phi) is 5.96. The van der Waals surface area contributed by atoms with Gasteiger partial charge in [-0.2, -0.15) is 0 Å². The second-order valence-corrected chi connectivity index (χ2v) is 6.18. The van der Waals surface area contributed by atoms with Crippen LogP contribution in [0.2, 0.25) is 0 Å². The van der Waals surface area contributed by atoms with E-state index < -0.39 is 0 Å². The highest BCUT2D eigenvalue weighted by Crippen LogP contribution is 2.10. The Morgan fingerprint density at radius 2 is 1.58 bits per heavy atom. The molecule has 0 spiro atoms. The van der Waals surface area contributed by atoms with Crippen molar-refractivity contribution in [1.29, 1.82) is 0 Å². The highest BCUT2D eigenvalue weighted by Gasteiger charge is 2.18. The normalized spacial score (nSPS) is 14.1. The first-order valence-corrected chi connectivity index (χ1v) is 8.59. The largest absolute Gasteiger partial charge is 0.378 e. The highest BCUT2D eigenvalue weighted by molar-refractivity contribution is 5.94. The van der Waals surface area contributed by atoms with Gasteiger partial charge < -0.3 is 15.0 Å². The van der Waals surface area contributed by atoms with Gasteiger partial charge in [-0.1, -0.05) is 24.3 Å². The molecule has 0 unspecified atom stereocenters. The maximum Gasteiger partial charge on any atom is 0.254 e. The predicted octanol–water partition coefficient (Wildman–Crippen LogP) is 2.16. The number of nitrogens with one attached hydrogen (secondary N) is 1. The second-order valence-electron chi connectivity index (χ2n) is 6.18. The number of benzene rings is 2. The van der Waals surface area contributed by atoms with Crippen molar-refractivity contribution >= 4 is 11.8 Å². The molecule has 1 heterocycles. The van der Waals surface area contributed by atoms with E-state index in [0.29, 0.717) is 38.4 Å². The van der Waals surface area contributed by atoms with Crippen molar-refractivity contribution in [2.45, 2.75) is 13.0 Å². The number of morpholine rings is 1. The smallest absolute Gasteiger partial charge is 0.254 e. The molecule has 0 atom stereocenters. The molecule has 0 saturated carbocycles. The molecule has 0 bridgehead atoms. The summed E-state index contributed by atoms with van der Waals surface area (Å²) in [5, 5.41) is 2.83. The Balaban J connectivity index is 1.50. The number of halogens is 1. The minimum Gasteiger partial charge on any atom is -0.378 e. The number of hydrogen-bond donors (Lipinski definition) is 1. The molecule has 0 aliphatic carbocycles. The monoisotopic (exact) mass is 356 g/mol. The van der Waals surface area contributed by atoms with E-state index in [1.165, 1.54) is 12.1 Å². The van der Waals surface area contributed by atoms with Crippen LogP contribution in [0, 0.1) is 5.82 Å². The van der Waals surface area contributed by atoms with Gasteiger partial charge in [0.15, 0.2) is 0 Å². The van der Waals surface area contributed by atoms with E-state index in [9.17, 15) is 14.0 Å². The number of nitrogens with zero attached hydrogens (tertiary/aromatic N) is 1. The quantitative estimate of drug-likeness (QED) is 0.893. The standard InChI is InChI=1S/C20H21FN2O3/c21-18-7-3-15(4-8-18)13-19(24)22-14-16-1-5-17(6-2-16)20(25)23-9-11-26-12-10-23/h1-8H,9-14H2,(H,22,24). The van der Waals surface area contributed by atoms with Crippen molar-refractivity contribution in [3.05, 3.63) is 71.0 Å². The zero-order valence-corrected chi connectivity index (χ0v) is 14.4. The van der Waals surface area contributed by atoms with Crippen molar-refractivity contribution in [1.82, 2.24) is 10.2 Å². The molecule has 2 aromatic carbocycles. The lowest BCUT2D eigenvalue weighted by Crippen LogP contribution is -2.40. The number of rotatable bonds is 5. The highest BCUT2D eigenvalue weighted by atomic mass is 19.1. The molecule has 0 radical (unpaired) electrons. The lowest BCUT2D eigenvalue weighted by atomic mass is 10.1. The lowest BCUT2D eigenvalue weighted by molar-refractivity contribution is -0.120. The fraction of sp³-hybridized carbons (Fsp3) is 0.300. The number of hydrogen-bond acceptors (Lipinski definition) is 3. The van der Waals surface area contributed by atoms with E-state index in [-0.39, 0.29) is 24.1 Å². The van der Waals surface area contributed by atoms with Gasteiger partial charge in [0.05, 0.1) is 19.6 Å². The fourth-order valence-electron chi connectivity index (χ4n) is 2.76. The summed E-state index contributed by atoms with van der Waals surface area (Å²) in [7, 11) is 0. The molecule has 1 aliphatic heterocycles. The first-order chi connectivity index (χ1) is 12.6. The van der Waals surface area contributed by atoms with Gasteiger partial charge >= 0.3 is 0 Å². The third kappa shape index (κ3) is 4.89. The van der Waals surface area contributed by atoms with Gasteiger partial charge in [-0.25, -0.2) is 4.39 Å². The molecule has 2 aromatic rings. The van der Waals surface area contributed by atoms with E-state index >= 15 is 0 Å². The van der Waals surface area contributed by atoms with Gasteiger partial charge in [0, 0.05) is 25.2 Å². The molecule has 1 aliphatic rings. The Bertz CT molecular complexity index is 754. The molecule has 1 fully saturated rings. The number of ether oxygens (including phenoxy) is 1. The van der Waals surface area contributed by atoms with Gasteiger partial charge in [-0.3, -0.25) is 9.59 Å². The summed E-state index contributed by atoms with van der Waals surface area (Å²) >= 11 is 0. The van der Waals surface area contributed by atoms with Crippen LogP contribution < -0.4 is 5.32 Å². The van der Waals surface area contributed by atoms with Crippen LogP contribution in [-0.4, -0.2) is 43.0 Å². The summed E-state index contributed by atoms with van der Waals surface area (Å²) in [4.78, 5) is 26.1. The minimum absolute atomic E-state index is 0.000181. The molecule has 3 rings (SSSR count). The summed E-state index contributed by atoms with van der Waals surface area (Å²) < 4.78 is 18.1. The van der Waals surface area contributed by atoms with E-state index in [0.717, 1.165) is 11.1 Å². The van der Waals surface area contributed by atoms with Crippen LogP contribution in [0.25, 0.3) is 0 Å². The van der Waals surface area contributed by atoms with Crippen LogP contribution in [-0.2, 0) is 22.5 Å². The van der Waals surface area contributed by atoms with Crippen LogP contribution in [0.3, 0.4) is 0 Å². The van der Waals surface area contributed by atoms with Crippen LogP contribution in [0.1, 0.15) is 21.5 Å². The molecule has 1 N–H and O–H groups in total. The van der Waals surface area contributed by atoms with Crippen molar-refractivity contribution in [3.8, 4) is 0 Å². The fourth-order valence-corrected chi connectivity index (χ4v) is 2.76. The van der Waals surface area contributed by atoms with Gasteiger partial charge in [-0.05, 0) is 35.4 Å². The molecule has 136 valence electrons. The van der Waals surface area contributed by atoms with Gasteiger partial charge in [0.2, 0.25) is 5.91 Å². The molecule has 0 aromatic heterocycles. The lowest BCUT2D eigenvalue weighted by Gasteiger charge is -2.26. The van der Waals surface area contributed by atoms with Crippen LogP contribution in [0.5, 0.6) is 0 Å². The third-order valence-corrected chi connectivity index (χ3v) is 4.27. The Morgan fingerprint density at radius 1 is 0.962 bits per heavy atom. The predicted molar refractivity (Wildman–Crippen MR) is 95.1 cm³/mol. The zero-order chi connectivity index (χ0) is 18.4. The molecular formula is C20H21FN2O3. The van der Waals surface area contributed by atoms with Crippen LogP contribution >= 0.6 is 0 Å². The van der Waals surface area contributed by atoms with Crippen LogP contribution in [0.15, 0.2) is 48.5 Å². The van der Waals surface area contributed by atoms with E-state index in [4.69, 9.17) is 4.74 Å². The average Bonchev–Trinajstić information content (AvgIpc) is 2.69. The molecule has 2 amide bonds. The Morgan fingerprint density at radius 3 is 2.23 bits per heavy atom. The summed E-state index contributed by atoms with van der Waals surface area (Å²) in [6, 6.07) is 13.1. The molecule has 1 saturated heterocycles. The summed E-state index contributed by atoms with van der Waals surface area (Å²) in [6.45, 7) is 2.75. The minimum atomic E-state index is -0.319.